The van der Waals surface area contributed by atoms with Crippen molar-refractivity contribution in [1.29, 1.82) is 0 Å². The molecule has 0 spiro atoms. The van der Waals surface area contributed by atoms with Crippen molar-refractivity contribution in [2.45, 2.75) is 64.8 Å². The van der Waals surface area contributed by atoms with Crippen LogP contribution in [0, 0.1) is 0 Å². The molecule has 0 N–H and O–H groups in total. The van der Waals surface area contributed by atoms with Crippen molar-refractivity contribution in [1.82, 2.24) is 20.2 Å². The molecule has 0 aromatic carbocycles. The van der Waals surface area contributed by atoms with Crippen molar-refractivity contribution in [3.8, 4) is 0 Å². The highest BCUT2D eigenvalue weighted by Crippen LogP contribution is 2.28. The number of hydrogen-bond donors (Lipinski definition) is 0. The van der Waals surface area contributed by atoms with Crippen LogP contribution in [0.15, 0.2) is 24.4 Å². The summed E-state index contributed by atoms with van der Waals surface area (Å²) < 4.78 is 0. The number of aromatic nitrogens is 4. The van der Waals surface area contributed by atoms with Gasteiger partial charge in [0.15, 0.2) is 5.82 Å². The minimum Gasteiger partial charge on any atom is -0.355 e. The first-order valence-corrected chi connectivity index (χ1v) is 9.90. The van der Waals surface area contributed by atoms with Gasteiger partial charge in [0, 0.05) is 49.8 Å². The van der Waals surface area contributed by atoms with Gasteiger partial charge in [-0.3, -0.25) is 0 Å². The van der Waals surface area contributed by atoms with Crippen LogP contribution in [0.5, 0.6) is 0 Å². The third-order valence-electron chi connectivity index (χ3n) is 5.20. The highest BCUT2D eigenvalue weighted by atomic mass is 15.3. The number of hydrogen-bond acceptors (Lipinski definition) is 6. The summed E-state index contributed by atoms with van der Waals surface area (Å²) in [6.45, 7) is 12.9. The number of anilines is 2. The van der Waals surface area contributed by atoms with E-state index in [0.717, 1.165) is 49.1 Å². The normalized spacial score (nSPS) is 18.0. The Morgan fingerprint density at radius 1 is 1.22 bits per heavy atom. The Labute approximate surface area is 163 Å². The molecule has 146 valence electrons. The van der Waals surface area contributed by atoms with Gasteiger partial charge in [-0.1, -0.05) is 34.6 Å². The Balaban J connectivity index is 1.86. The lowest BCUT2D eigenvalue weighted by Crippen LogP contribution is -2.47. The lowest BCUT2D eigenvalue weighted by Gasteiger charge is -2.39. The van der Waals surface area contributed by atoms with Crippen LogP contribution in [0.4, 0.5) is 11.6 Å². The van der Waals surface area contributed by atoms with Crippen molar-refractivity contribution in [3.05, 3.63) is 35.9 Å². The predicted molar refractivity (Wildman–Crippen MR) is 110 cm³/mol. The van der Waals surface area contributed by atoms with Gasteiger partial charge in [-0.15, -0.1) is 5.10 Å². The summed E-state index contributed by atoms with van der Waals surface area (Å²) in [7, 11) is 2.16. The average molecular weight is 369 g/mol. The molecule has 3 rings (SSSR count). The zero-order valence-electron chi connectivity index (χ0n) is 17.5. The standard InChI is InChI=1S/C21H32N6/c1-15(2)20-23-17(21(3,4)5)13-19(24-20)26(6)16-9-8-12-27(14-16)18-10-7-11-22-25-18/h7,10-11,13,15-16H,8-9,12,14H2,1-6H3. The Morgan fingerprint density at radius 2 is 2.00 bits per heavy atom. The van der Waals surface area contributed by atoms with Crippen LogP contribution in [0.1, 0.15) is 64.9 Å². The molecule has 1 aliphatic rings. The van der Waals surface area contributed by atoms with Crippen LogP contribution in [0.2, 0.25) is 0 Å². The van der Waals surface area contributed by atoms with Crippen LogP contribution >= 0.6 is 0 Å². The van der Waals surface area contributed by atoms with Crippen molar-refractivity contribution in [2.75, 3.05) is 29.9 Å². The van der Waals surface area contributed by atoms with Crippen LogP contribution in [-0.2, 0) is 5.41 Å². The predicted octanol–water partition coefficient (Wildman–Crippen LogP) is 3.79. The van der Waals surface area contributed by atoms with Crippen LogP contribution in [0.3, 0.4) is 0 Å². The van der Waals surface area contributed by atoms with Crippen molar-refractivity contribution in [2.24, 2.45) is 0 Å². The van der Waals surface area contributed by atoms with Gasteiger partial charge in [0.2, 0.25) is 0 Å². The van der Waals surface area contributed by atoms with E-state index in [9.17, 15) is 0 Å². The molecule has 2 aromatic heterocycles. The first-order valence-electron chi connectivity index (χ1n) is 9.90. The van der Waals surface area contributed by atoms with Gasteiger partial charge in [-0.2, -0.15) is 5.10 Å². The molecular formula is C21H32N6. The minimum atomic E-state index is 0.000395. The third-order valence-corrected chi connectivity index (χ3v) is 5.20. The highest BCUT2D eigenvalue weighted by Gasteiger charge is 2.27. The molecule has 1 unspecified atom stereocenters. The fourth-order valence-corrected chi connectivity index (χ4v) is 3.40. The average Bonchev–Trinajstić information content (AvgIpc) is 2.67. The van der Waals surface area contributed by atoms with Crippen molar-refractivity contribution in [3.63, 3.8) is 0 Å². The number of nitrogens with zero attached hydrogens (tertiary/aromatic N) is 6. The molecule has 1 atom stereocenters. The molecule has 0 saturated carbocycles. The topological polar surface area (TPSA) is 58.0 Å². The van der Waals surface area contributed by atoms with Crippen LogP contribution < -0.4 is 9.80 Å². The molecule has 0 bridgehead atoms. The lowest BCUT2D eigenvalue weighted by atomic mass is 9.91. The minimum absolute atomic E-state index is 0.000395. The monoisotopic (exact) mass is 368 g/mol. The number of rotatable bonds is 4. The maximum absolute atomic E-state index is 4.89. The molecule has 6 heteroatoms. The summed E-state index contributed by atoms with van der Waals surface area (Å²) in [5, 5.41) is 8.32. The van der Waals surface area contributed by atoms with E-state index in [0.29, 0.717) is 12.0 Å². The second-order valence-electron chi connectivity index (χ2n) is 8.81. The fraction of sp³-hybridized carbons (Fsp3) is 0.619. The quantitative estimate of drug-likeness (QED) is 0.818. The van der Waals surface area contributed by atoms with E-state index in [1.54, 1.807) is 6.20 Å². The van der Waals surface area contributed by atoms with Gasteiger partial charge in [-0.05, 0) is 25.0 Å². The van der Waals surface area contributed by atoms with Gasteiger partial charge in [0.05, 0.1) is 5.69 Å². The molecule has 27 heavy (non-hydrogen) atoms. The number of piperidine rings is 1. The fourth-order valence-electron chi connectivity index (χ4n) is 3.40. The Kier molecular flexibility index (Phi) is 5.63. The van der Waals surface area contributed by atoms with Gasteiger partial charge in [0.25, 0.3) is 0 Å². The summed E-state index contributed by atoms with van der Waals surface area (Å²) >= 11 is 0. The van der Waals surface area contributed by atoms with Crippen LogP contribution in [-0.4, -0.2) is 46.3 Å². The molecule has 0 amide bonds. The van der Waals surface area contributed by atoms with E-state index in [1.165, 1.54) is 0 Å². The van der Waals surface area contributed by atoms with Crippen molar-refractivity contribution >= 4 is 11.6 Å². The van der Waals surface area contributed by atoms with Crippen molar-refractivity contribution < 1.29 is 0 Å². The zero-order valence-corrected chi connectivity index (χ0v) is 17.5. The first-order chi connectivity index (χ1) is 12.8. The summed E-state index contributed by atoms with van der Waals surface area (Å²) in [6.07, 6.45) is 4.01. The van der Waals surface area contributed by atoms with E-state index in [1.807, 2.05) is 12.1 Å². The summed E-state index contributed by atoms with van der Waals surface area (Å²) in [5.74, 6) is 3.20. The highest BCUT2D eigenvalue weighted by molar-refractivity contribution is 5.44. The maximum atomic E-state index is 4.89. The number of likely N-dealkylation sites (N-methyl/N-ethyl adjacent to an activating group) is 1. The summed E-state index contributed by atoms with van der Waals surface area (Å²) in [5.41, 5.74) is 1.10. The molecule has 1 saturated heterocycles. The smallest absolute Gasteiger partial charge is 0.151 e. The zero-order chi connectivity index (χ0) is 19.6. The third kappa shape index (κ3) is 4.54. The molecule has 1 aliphatic heterocycles. The molecule has 3 heterocycles. The SMILES string of the molecule is CC(C)c1nc(N(C)C2CCCN(c3cccnn3)C2)cc(C(C)(C)C)n1. The second-order valence-corrected chi connectivity index (χ2v) is 8.81. The summed E-state index contributed by atoms with van der Waals surface area (Å²) in [6, 6.07) is 6.54. The van der Waals surface area contributed by atoms with E-state index in [2.05, 4.69) is 67.7 Å². The molecule has 0 aliphatic carbocycles. The summed E-state index contributed by atoms with van der Waals surface area (Å²) in [4.78, 5) is 14.4. The maximum Gasteiger partial charge on any atom is 0.151 e. The van der Waals surface area contributed by atoms with Gasteiger partial charge >= 0.3 is 0 Å². The Bertz CT molecular complexity index is 753. The lowest BCUT2D eigenvalue weighted by molar-refractivity contribution is 0.480. The first kappa shape index (κ1) is 19.5. The van der Waals surface area contributed by atoms with E-state index in [-0.39, 0.29) is 5.41 Å². The van der Waals surface area contributed by atoms with Gasteiger partial charge in [-0.25, -0.2) is 9.97 Å². The molecule has 2 aromatic rings. The molecular weight excluding hydrogens is 336 g/mol. The van der Waals surface area contributed by atoms with E-state index < -0.39 is 0 Å². The molecule has 6 nitrogen and oxygen atoms in total. The molecule has 0 radical (unpaired) electrons. The Hall–Kier alpha value is -2.24. The second kappa shape index (κ2) is 7.79. The Morgan fingerprint density at radius 3 is 2.63 bits per heavy atom. The van der Waals surface area contributed by atoms with E-state index in [4.69, 9.17) is 9.97 Å². The van der Waals surface area contributed by atoms with Gasteiger partial charge < -0.3 is 9.80 Å². The van der Waals surface area contributed by atoms with E-state index >= 15 is 0 Å². The van der Waals surface area contributed by atoms with Gasteiger partial charge in [0.1, 0.15) is 11.6 Å². The van der Waals surface area contributed by atoms with Crippen LogP contribution in [0.25, 0.3) is 0 Å². The molecule has 1 fully saturated rings. The largest absolute Gasteiger partial charge is 0.355 e.